The van der Waals surface area contributed by atoms with Crippen LogP contribution in [0.25, 0.3) is 0 Å². The summed E-state index contributed by atoms with van der Waals surface area (Å²) < 4.78 is 3.62. The molecule has 0 bridgehead atoms. The number of carbonyl (C=O) groups is 1. The van der Waals surface area contributed by atoms with Gasteiger partial charge in [-0.3, -0.25) is 4.79 Å². The Labute approximate surface area is 105 Å². The molecule has 94 valence electrons. The number of aromatic nitrogens is 2. The number of amides is 1. The second kappa shape index (κ2) is 4.91. The number of aryl methyl sites for hydroxylation is 2. The third-order valence-corrected chi connectivity index (χ3v) is 2.58. The zero-order valence-corrected chi connectivity index (χ0v) is 10.4. The number of rotatable bonds is 3. The van der Waals surface area contributed by atoms with Gasteiger partial charge in [0.05, 0.1) is 12.7 Å². The molecule has 0 saturated heterocycles. The third kappa shape index (κ3) is 2.88. The Balaban J connectivity index is 2.03. The molecule has 0 aliphatic rings. The fourth-order valence-corrected chi connectivity index (χ4v) is 1.70. The van der Waals surface area contributed by atoms with Crippen LogP contribution in [0.15, 0.2) is 36.9 Å². The van der Waals surface area contributed by atoms with Crippen LogP contribution < -0.4 is 9.88 Å². The standard InChI is InChI=1S/C13H15N3O2/c1-10-3-4-11(12(17)7-10)14-13(18)8-16-6-5-15(2)9-16/h3-7,9H,8H2,1-2H3,(H-,14,17,18)/p+1. The number of anilines is 1. The smallest absolute Gasteiger partial charge is 0.266 e. The molecule has 5 nitrogen and oxygen atoms in total. The number of nitrogens with one attached hydrogen (secondary N) is 1. The Morgan fingerprint density at radius 3 is 2.89 bits per heavy atom. The van der Waals surface area contributed by atoms with Crippen molar-refractivity contribution in [1.29, 1.82) is 0 Å². The lowest BCUT2D eigenvalue weighted by molar-refractivity contribution is -0.671. The lowest BCUT2D eigenvalue weighted by atomic mass is 10.2. The van der Waals surface area contributed by atoms with Gasteiger partial charge in [-0.2, -0.15) is 0 Å². The molecule has 2 rings (SSSR count). The van der Waals surface area contributed by atoms with Gasteiger partial charge in [0, 0.05) is 0 Å². The number of hydrogen-bond donors (Lipinski definition) is 2. The van der Waals surface area contributed by atoms with Crippen molar-refractivity contribution < 1.29 is 14.5 Å². The van der Waals surface area contributed by atoms with Crippen LogP contribution in [0.1, 0.15) is 5.56 Å². The van der Waals surface area contributed by atoms with Crippen LogP contribution in [0, 0.1) is 6.92 Å². The van der Waals surface area contributed by atoms with Crippen molar-refractivity contribution in [3.8, 4) is 5.75 Å². The zero-order valence-electron chi connectivity index (χ0n) is 10.4. The van der Waals surface area contributed by atoms with E-state index in [-0.39, 0.29) is 18.2 Å². The summed E-state index contributed by atoms with van der Waals surface area (Å²) in [6.07, 6.45) is 5.49. The maximum Gasteiger partial charge on any atom is 0.266 e. The average molecular weight is 246 g/mol. The minimum atomic E-state index is -0.176. The number of phenolic OH excluding ortho intramolecular Hbond substituents is 1. The topological polar surface area (TPSA) is 58.1 Å². The van der Waals surface area contributed by atoms with Crippen LogP contribution >= 0.6 is 0 Å². The van der Waals surface area contributed by atoms with E-state index in [1.165, 1.54) is 0 Å². The van der Waals surface area contributed by atoms with Crippen molar-refractivity contribution in [1.82, 2.24) is 4.57 Å². The molecular formula is C13H16N3O2+. The first-order valence-electron chi connectivity index (χ1n) is 5.65. The van der Waals surface area contributed by atoms with Crippen LogP contribution in [0.2, 0.25) is 0 Å². The summed E-state index contributed by atoms with van der Waals surface area (Å²) in [5, 5.41) is 12.4. The molecule has 1 aromatic heterocycles. The number of hydrogen-bond acceptors (Lipinski definition) is 2. The van der Waals surface area contributed by atoms with Crippen LogP contribution in [0.5, 0.6) is 5.75 Å². The second-order valence-corrected chi connectivity index (χ2v) is 4.32. The van der Waals surface area contributed by atoms with Gasteiger partial charge in [-0.25, -0.2) is 9.13 Å². The van der Waals surface area contributed by atoms with Gasteiger partial charge in [0.15, 0.2) is 6.54 Å². The largest absolute Gasteiger partial charge is 0.506 e. The van der Waals surface area contributed by atoms with Gasteiger partial charge in [0.1, 0.15) is 18.1 Å². The molecule has 0 spiro atoms. The Hall–Kier alpha value is -2.30. The molecule has 0 radical (unpaired) electrons. The van der Waals surface area contributed by atoms with Gasteiger partial charge in [-0.15, -0.1) is 0 Å². The van der Waals surface area contributed by atoms with Crippen LogP contribution in [-0.2, 0) is 18.4 Å². The first-order valence-corrected chi connectivity index (χ1v) is 5.65. The number of benzene rings is 1. The van der Waals surface area contributed by atoms with Crippen molar-refractivity contribution in [3.05, 3.63) is 42.5 Å². The normalized spacial score (nSPS) is 10.3. The van der Waals surface area contributed by atoms with Crippen LogP contribution in [-0.4, -0.2) is 15.6 Å². The van der Waals surface area contributed by atoms with E-state index in [0.29, 0.717) is 5.69 Å². The molecule has 0 aliphatic carbocycles. The highest BCUT2D eigenvalue weighted by Crippen LogP contribution is 2.23. The Kier molecular flexibility index (Phi) is 3.32. The van der Waals surface area contributed by atoms with Gasteiger partial charge in [0.25, 0.3) is 5.91 Å². The quantitative estimate of drug-likeness (QED) is 0.626. The molecule has 0 saturated carbocycles. The minimum absolute atomic E-state index is 0.0846. The Morgan fingerprint density at radius 2 is 2.28 bits per heavy atom. The average Bonchev–Trinajstić information content (AvgIpc) is 2.68. The van der Waals surface area contributed by atoms with E-state index >= 15 is 0 Å². The number of carbonyl (C=O) groups excluding carboxylic acids is 1. The monoisotopic (exact) mass is 246 g/mol. The second-order valence-electron chi connectivity index (χ2n) is 4.32. The first kappa shape index (κ1) is 12.2. The van der Waals surface area contributed by atoms with Crippen molar-refractivity contribution in [2.45, 2.75) is 13.5 Å². The summed E-state index contributed by atoms with van der Waals surface area (Å²) >= 11 is 0. The molecule has 1 amide bonds. The van der Waals surface area contributed by atoms with Gasteiger partial charge in [0.2, 0.25) is 6.33 Å². The fraction of sp³-hybridized carbons (Fsp3) is 0.231. The predicted octanol–water partition coefficient (Wildman–Crippen LogP) is 0.965. The summed E-state index contributed by atoms with van der Waals surface area (Å²) in [5.41, 5.74) is 1.38. The first-order chi connectivity index (χ1) is 8.54. The van der Waals surface area contributed by atoms with E-state index in [1.54, 1.807) is 16.7 Å². The molecule has 0 aliphatic heterocycles. The van der Waals surface area contributed by atoms with Crippen molar-refractivity contribution in [2.75, 3.05) is 5.32 Å². The number of aromatic hydroxyl groups is 1. The van der Waals surface area contributed by atoms with E-state index in [1.807, 2.05) is 43.3 Å². The highest BCUT2D eigenvalue weighted by molar-refractivity contribution is 5.92. The summed E-state index contributed by atoms with van der Waals surface area (Å²) in [6, 6.07) is 5.15. The van der Waals surface area contributed by atoms with Gasteiger partial charge >= 0.3 is 0 Å². The van der Waals surface area contributed by atoms with Crippen molar-refractivity contribution >= 4 is 11.6 Å². The van der Waals surface area contributed by atoms with Gasteiger partial charge < -0.3 is 10.4 Å². The summed E-state index contributed by atoms with van der Waals surface area (Å²) in [4.78, 5) is 11.8. The molecule has 1 heterocycles. The summed E-state index contributed by atoms with van der Waals surface area (Å²) in [5.74, 6) is -0.0910. The van der Waals surface area contributed by atoms with E-state index in [4.69, 9.17) is 0 Å². The molecule has 2 N–H and O–H groups in total. The molecule has 18 heavy (non-hydrogen) atoms. The Morgan fingerprint density at radius 1 is 1.50 bits per heavy atom. The maximum atomic E-state index is 11.8. The minimum Gasteiger partial charge on any atom is -0.506 e. The molecule has 0 fully saturated rings. The van der Waals surface area contributed by atoms with Crippen LogP contribution in [0.3, 0.4) is 0 Å². The highest BCUT2D eigenvalue weighted by Gasteiger charge is 2.10. The highest BCUT2D eigenvalue weighted by atomic mass is 16.3. The molecule has 0 atom stereocenters. The van der Waals surface area contributed by atoms with E-state index in [9.17, 15) is 9.90 Å². The van der Waals surface area contributed by atoms with E-state index < -0.39 is 0 Å². The maximum absolute atomic E-state index is 11.8. The lowest BCUT2D eigenvalue weighted by Crippen LogP contribution is -2.25. The third-order valence-electron chi connectivity index (χ3n) is 2.58. The Bertz CT molecular complexity index is 575. The zero-order chi connectivity index (χ0) is 13.1. The summed E-state index contributed by atoms with van der Waals surface area (Å²) in [6.45, 7) is 2.10. The molecule has 1 aromatic carbocycles. The van der Waals surface area contributed by atoms with E-state index in [0.717, 1.165) is 5.56 Å². The molecular weight excluding hydrogens is 230 g/mol. The predicted molar refractivity (Wildman–Crippen MR) is 67.1 cm³/mol. The van der Waals surface area contributed by atoms with Gasteiger partial charge in [-0.05, 0) is 24.6 Å². The van der Waals surface area contributed by atoms with Crippen molar-refractivity contribution in [3.63, 3.8) is 0 Å². The number of phenols is 1. The molecule has 2 aromatic rings. The SMILES string of the molecule is Cc1ccc(NC(=O)Cn2cc[n+](C)c2)c(O)c1. The van der Waals surface area contributed by atoms with Gasteiger partial charge in [-0.1, -0.05) is 6.07 Å². The van der Waals surface area contributed by atoms with Crippen molar-refractivity contribution in [2.24, 2.45) is 7.05 Å². The lowest BCUT2D eigenvalue weighted by Gasteiger charge is -2.06. The fourth-order valence-electron chi connectivity index (χ4n) is 1.70. The van der Waals surface area contributed by atoms with Crippen LogP contribution in [0.4, 0.5) is 5.69 Å². The number of imidazole rings is 1. The molecule has 5 heteroatoms. The van der Waals surface area contributed by atoms with E-state index in [2.05, 4.69) is 5.32 Å². The number of nitrogens with zero attached hydrogens (tertiary/aromatic N) is 2. The molecule has 0 unspecified atom stereocenters. The summed E-state index contributed by atoms with van der Waals surface area (Å²) in [7, 11) is 1.89.